The summed E-state index contributed by atoms with van der Waals surface area (Å²) in [6.45, 7) is 0. The van der Waals surface area contributed by atoms with Crippen molar-refractivity contribution < 1.29 is 9.84 Å². The Morgan fingerprint density at radius 2 is 1.58 bits per heavy atom. The molecule has 2 aromatic rings. The minimum Gasteiger partial charge on any atom is -0.386 e. The molecule has 1 N–H and O–H groups in total. The molecule has 1 heterocycles. The second kappa shape index (κ2) is 5.39. The molecule has 2 aromatic carbocycles. The van der Waals surface area contributed by atoms with Crippen LogP contribution in [-0.4, -0.2) is 17.3 Å². The molecule has 1 fully saturated rings. The van der Waals surface area contributed by atoms with Crippen LogP contribution in [0.3, 0.4) is 0 Å². The van der Waals surface area contributed by atoms with Gasteiger partial charge in [-0.05, 0) is 11.1 Å². The molecule has 1 aliphatic heterocycles. The summed E-state index contributed by atoms with van der Waals surface area (Å²) in [5.41, 5.74) is 2.21. The molecule has 96 valence electrons. The van der Waals surface area contributed by atoms with Crippen LogP contribution in [0, 0.1) is 0 Å². The summed E-state index contributed by atoms with van der Waals surface area (Å²) < 4.78 is 5.55. The second-order valence-electron chi connectivity index (χ2n) is 4.69. The van der Waals surface area contributed by atoms with E-state index in [0.29, 0.717) is 0 Å². The molecule has 0 saturated carbocycles. The van der Waals surface area contributed by atoms with Crippen molar-refractivity contribution in [2.24, 2.45) is 0 Å². The Balaban J connectivity index is 1.61. The van der Waals surface area contributed by atoms with Gasteiger partial charge in [0.2, 0.25) is 0 Å². The van der Waals surface area contributed by atoms with E-state index in [1.165, 1.54) is 0 Å². The summed E-state index contributed by atoms with van der Waals surface area (Å²) in [4.78, 5) is 0. The number of aliphatic hydroxyl groups is 1. The van der Waals surface area contributed by atoms with Gasteiger partial charge in [-0.15, -0.1) is 0 Å². The molecule has 1 aliphatic rings. The highest BCUT2D eigenvalue weighted by atomic mass is 16.6. The molecule has 19 heavy (non-hydrogen) atoms. The monoisotopic (exact) mass is 252 g/mol. The summed E-state index contributed by atoms with van der Waals surface area (Å²) in [6, 6.07) is 19.9. The van der Waals surface area contributed by atoms with Crippen LogP contribution in [0.5, 0.6) is 0 Å². The molecule has 2 heteroatoms. The highest BCUT2D eigenvalue weighted by molar-refractivity contribution is 5.49. The number of benzene rings is 2. The van der Waals surface area contributed by atoms with E-state index in [1.54, 1.807) is 6.08 Å². The van der Waals surface area contributed by atoms with Crippen molar-refractivity contribution in [1.82, 2.24) is 0 Å². The van der Waals surface area contributed by atoms with E-state index in [-0.39, 0.29) is 12.2 Å². The van der Waals surface area contributed by atoms with Gasteiger partial charge in [0.1, 0.15) is 18.3 Å². The van der Waals surface area contributed by atoms with E-state index in [4.69, 9.17) is 4.74 Å². The maximum atomic E-state index is 10.1. The van der Waals surface area contributed by atoms with Crippen molar-refractivity contribution in [3.8, 4) is 0 Å². The molecule has 0 spiro atoms. The van der Waals surface area contributed by atoms with Crippen LogP contribution in [0.2, 0.25) is 0 Å². The molecule has 3 rings (SSSR count). The minimum absolute atomic E-state index is 0.0247. The van der Waals surface area contributed by atoms with Gasteiger partial charge in [0.25, 0.3) is 0 Å². The Morgan fingerprint density at radius 1 is 0.947 bits per heavy atom. The molecule has 0 unspecified atom stereocenters. The minimum atomic E-state index is -0.564. The fourth-order valence-electron chi connectivity index (χ4n) is 2.18. The molecule has 0 aliphatic carbocycles. The van der Waals surface area contributed by atoms with Crippen molar-refractivity contribution in [2.75, 3.05) is 0 Å². The van der Waals surface area contributed by atoms with Crippen LogP contribution >= 0.6 is 0 Å². The quantitative estimate of drug-likeness (QED) is 0.848. The number of rotatable bonds is 4. The Bertz CT molecular complexity index is 548. The molecule has 0 aromatic heterocycles. The van der Waals surface area contributed by atoms with E-state index in [2.05, 4.69) is 0 Å². The predicted octanol–water partition coefficient (Wildman–Crippen LogP) is 3.20. The molecule has 0 radical (unpaired) electrons. The van der Waals surface area contributed by atoms with Gasteiger partial charge in [-0.1, -0.05) is 72.8 Å². The first-order chi connectivity index (χ1) is 9.34. The Labute approximate surface area is 113 Å². The third kappa shape index (κ3) is 2.92. The van der Waals surface area contributed by atoms with Gasteiger partial charge in [-0.25, -0.2) is 0 Å². The van der Waals surface area contributed by atoms with Crippen LogP contribution in [0.4, 0.5) is 0 Å². The molecule has 2 nitrogen and oxygen atoms in total. The maximum absolute atomic E-state index is 10.1. The number of hydrogen-bond acceptors (Lipinski definition) is 2. The highest BCUT2D eigenvalue weighted by Gasteiger charge is 2.44. The van der Waals surface area contributed by atoms with Crippen molar-refractivity contribution in [3.63, 3.8) is 0 Å². The van der Waals surface area contributed by atoms with E-state index in [9.17, 15) is 5.11 Å². The van der Waals surface area contributed by atoms with Crippen molar-refractivity contribution in [3.05, 3.63) is 77.9 Å². The number of hydrogen-bond donors (Lipinski definition) is 1. The first-order valence-electron chi connectivity index (χ1n) is 6.46. The van der Waals surface area contributed by atoms with Gasteiger partial charge in [0.15, 0.2) is 0 Å². The zero-order valence-electron chi connectivity index (χ0n) is 10.5. The Morgan fingerprint density at radius 3 is 2.26 bits per heavy atom. The number of epoxide rings is 1. The Kier molecular flexibility index (Phi) is 3.45. The van der Waals surface area contributed by atoms with Crippen molar-refractivity contribution >= 4 is 6.08 Å². The fourth-order valence-corrected chi connectivity index (χ4v) is 2.18. The average Bonchev–Trinajstić information content (AvgIpc) is 3.27. The van der Waals surface area contributed by atoms with E-state index in [1.807, 2.05) is 66.7 Å². The predicted molar refractivity (Wildman–Crippen MR) is 75.5 cm³/mol. The zero-order chi connectivity index (χ0) is 13.1. The Hall–Kier alpha value is -1.90. The highest BCUT2D eigenvalue weighted by Crippen LogP contribution is 2.40. The first kappa shape index (κ1) is 12.2. The normalized spacial score (nSPS) is 23.4. The standard InChI is InChI=1S/C17H16O2/c18-15(12-11-13-7-3-1-4-8-13)17-16(19-17)14-9-5-2-6-10-14/h1-12,15-18H/b12-11+/t15-,16+,17+/m0/s1. The second-order valence-corrected chi connectivity index (χ2v) is 4.69. The van der Waals surface area contributed by atoms with E-state index in [0.717, 1.165) is 11.1 Å². The van der Waals surface area contributed by atoms with Gasteiger partial charge in [-0.3, -0.25) is 0 Å². The lowest BCUT2D eigenvalue weighted by atomic mass is 10.1. The summed E-state index contributed by atoms with van der Waals surface area (Å²) in [6.07, 6.45) is 3.06. The van der Waals surface area contributed by atoms with Gasteiger partial charge < -0.3 is 9.84 Å². The van der Waals surface area contributed by atoms with E-state index < -0.39 is 6.10 Å². The molecular formula is C17H16O2. The summed E-state index contributed by atoms with van der Waals surface area (Å²) in [5, 5.41) is 10.1. The molecule has 0 amide bonds. The molecule has 3 atom stereocenters. The first-order valence-corrected chi connectivity index (χ1v) is 6.46. The van der Waals surface area contributed by atoms with Crippen LogP contribution in [0.1, 0.15) is 17.2 Å². The lowest BCUT2D eigenvalue weighted by Crippen LogP contribution is -2.11. The summed E-state index contributed by atoms with van der Waals surface area (Å²) in [5.74, 6) is 0. The average molecular weight is 252 g/mol. The third-order valence-corrected chi connectivity index (χ3v) is 3.28. The van der Waals surface area contributed by atoms with E-state index >= 15 is 0 Å². The molecular weight excluding hydrogens is 236 g/mol. The van der Waals surface area contributed by atoms with Crippen molar-refractivity contribution in [1.29, 1.82) is 0 Å². The lowest BCUT2D eigenvalue weighted by molar-refractivity contribution is 0.178. The zero-order valence-corrected chi connectivity index (χ0v) is 10.5. The van der Waals surface area contributed by atoms with Crippen molar-refractivity contribution in [2.45, 2.75) is 18.3 Å². The number of ether oxygens (including phenoxy) is 1. The fraction of sp³-hybridized carbons (Fsp3) is 0.176. The van der Waals surface area contributed by atoms with Gasteiger partial charge in [-0.2, -0.15) is 0 Å². The summed E-state index contributed by atoms with van der Waals surface area (Å²) in [7, 11) is 0. The maximum Gasteiger partial charge on any atom is 0.118 e. The summed E-state index contributed by atoms with van der Waals surface area (Å²) >= 11 is 0. The van der Waals surface area contributed by atoms with Crippen LogP contribution in [0.25, 0.3) is 6.08 Å². The SMILES string of the molecule is O[C@@H](/C=C/c1ccccc1)[C@H]1O[C@@H]1c1ccccc1. The van der Waals surface area contributed by atoms with Gasteiger partial charge in [0, 0.05) is 0 Å². The smallest absolute Gasteiger partial charge is 0.118 e. The molecule has 1 saturated heterocycles. The van der Waals surface area contributed by atoms with Crippen LogP contribution in [-0.2, 0) is 4.74 Å². The van der Waals surface area contributed by atoms with Crippen LogP contribution < -0.4 is 0 Å². The van der Waals surface area contributed by atoms with Crippen LogP contribution in [0.15, 0.2) is 66.7 Å². The third-order valence-electron chi connectivity index (χ3n) is 3.28. The van der Waals surface area contributed by atoms with Gasteiger partial charge >= 0.3 is 0 Å². The number of aliphatic hydroxyl groups excluding tert-OH is 1. The lowest BCUT2D eigenvalue weighted by Gasteiger charge is -2.01. The largest absolute Gasteiger partial charge is 0.386 e. The topological polar surface area (TPSA) is 32.8 Å². The van der Waals surface area contributed by atoms with Gasteiger partial charge in [0.05, 0.1) is 0 Å². The molecule has 0 bridgehead atoms.